The molecule has 1 aromatic heterocycles. The normalized spacial score (nSPS) is 18.1. The van der Waals surface area contributed by atoms with Crippen molar-refractivity contribution in [3.63, 3.8) is 0 Å². The fourth-order valence-corrected chi connectivity index (χ4v) is 3.22. The second-order valence-electron chi connectivity index (χ2n) is 6.77. The van der Waals surface area contributed by atoms with E-state index in [1.165, 1.54) is 6.07 Å². The Bertz CT molecular complexity index is 1080. The smallest absolute Gasteiger partial charge is 0.324 e. The van der Waals surface area contributed by atoms with Crippen molar-refractivity contribution in [1.29, 1.82) is 0 Å². The van der Waals surface area contributed by atoms with Gasteiger partial charge in [0.15, 0.2) is 5.60 Å². The van der Waals surface area contributed by atoms with Crippen LogP contribution in [0.4, 0.5) is 17.6 Å². The summed E-state index contributed by atoms with van der Waals surface area (Å²) in [6.07, 6.45) is 1.98. The van der Waals surface area contributed by atoms with E-state index in [9.17, 15) is 13.6 Å². The lowest BCUT2D eigenvalue weighted by molar-refractivity contribution is -0.107. The molecular formula is C22H15F4NO3. The molecule has 0 amide bonds. The van der Waals surface area contributed by atoms with Crippen molar-refractivity contribution in [1.82, 2.24) is 4.98 Å². The summed E-state index contributed by atoms with van der Waals surface area (Å²) in [5, 5.41) is 0. The number of carbonyl (C=O) groups excluding carboxylic acids is 1. The first-order valence-corrected chi connectivity index (χ1v) is 9.00. The molecule has 4 nitrogen and oxygen atoms in total. The van der Waals surface area contributed by atoms with Gasteiger partial charge in [-0.05, 0) is 30.3 Å². The van der Waals surface area contributed by atoms with Crippen molar-refractivity contribution in [3.05, 3.63) is 89.2 Å². The van der Waals surface area contributed by atoms with Crippen LogP contribution in [0.2, 0.25) is 0 Å². The summed E-state index contributed by atoms with van der Waals surface area (Å²) < 4.78 is 68.2. The number of alkyl halides is 2. The van der Waals surface area contributed by atoms with Crippen LogP contribution in [0.1, 0.15) is 16.8 Å². The highest BCUT2D eigenvalue weighted by Gasteiger charge is 2.68. The summed E-state index contributed by atoms with van der Waals surface area (Å²) >= 11 is 0. The van der Waals surface area contributed by atoms with E-state index in [4.69, 9.17) is 9.47 Å². The number of aromatic nitrogens is 1. The zero-order valence-corrected chi connectivity index (χ0v) is 15.4. The first-order chi connectivity index (χ1) is 14.4. The highest BCUT2D eigenvalue weighted by molar-refractivity contribution is 5.57. The van der Waals surface area contributed by atoms with Gasteiger partial charge in [0.05, 0.1) is 12.8 Å². The van der Waals surface area contributed by atoms with Crippen LogP contribution in [0.3, 0.4) is 0 Å². The molecule has 8 heteroatoms. The van der Waals surface area contributed by atoms with Crippen LogP contribution in [0.5, 0.6) is 11.5 Å². The first kappa shape index (κ1) is 20.0. The van der Waals surface area contributed by atoms with Gasteiger partial charge in [-0.3, -0.25) is 4.98 Å². The number of rotatable bonds is 7. The van der Waals surface area contributed by atoms with Crippen LogP contribution in [0.15, 0.2) is 60.8 Å². The molecule has 1 aliphatic rings. The monoisotopic (exact) mass is 417 g/mol. The third-order valence-electron chi connectivity index (χ3n) is 4.87. The molecular weight excluding hydrogens is 402 g/mol. The number of halogens is 4. The molecule has 2 heterocycles. The average molecular weight is 417 g/mol. The summed E-state index contributed by atoms with van der Waals surface area (Å²) in [5.74, 6) is -5.06. The van der Waals surface area contributed by atoms with E-state index >= 15 is 8.78 Å². The molecule has 0 saturated carbocycles. The molecule has 0 bridgehead atoms. The number of nitrogens with zero attached hydrogens (tertiary/aromatic N) is 1. The lowest BCUT2D eigenvalue weighted by Crippen LogP contribution is -2.34. The Morgan fingerprint density at radius 3 is 2.53 bits per heavy atom. The molecule has 0 spiro atoms. The molecule has 0 radical (unpaired) electrons. The number of pyridine rings is 1. The van der Waals surface area contributed by atoms with E-state index in [-0.39, 0.29) is 12.2 Å². The van der Waals surface area contributed by atoms with Gasteiger partial charge in [-0.15, -0.1) is 0 Å². The van der Waals surface area contributed by atoms with Crippen LogP contribution in [-0.2, 0) is 27.5 Å². The molecule has 1 unspecified atom stereocenters. The SMILES string of the molecule is O=CCc1ccccc1Oc1ccc(C(F)(F)C2(c3ccc(F)cc3F)CO2)nc1. The van der Waals surface area contributed by atoms with E-state index in [2.05, 4.69) is 4.98 Å². The van der Waals surface area contributed by atoms with Crippen molar-refractivity contribution in [3.8, 4) is 11.5 Å². The molecule has 1 aliphatic heterocycles. The Labute approximate surface area is 169 Å². The van der Waals surface area contributed by atoms with E-state index in [1.807, 2.05) is 0 Å². The minimum absolute atomic E-state index is 0.142. The predicted octanol–water partition coefficient (Wildman–Crippen LogP) is 4.91. The molecule has 0 N–H and O–H groups in total. The maximum Gasteiger partial charge on any atom is 0.324 e. The van der Waals surface area contributed by atoms with E-state index in [1.54, 1.807) is 24.3 Å². The molecule has 2 aromatic carbocycles. The number of carbonyl (C=O) groups is 1. The van der Waals surface area contributed by atoms with Crippen LogP contribution >= 0.6 is 0 Å². The number of epoxide rings is 1. The van der Waals surface area contributed by atoms with Crippen molar-refractivity contribution >= 4 is 6.29 Å². The molecule has 1 fully saturated rings. The average Bonchev–Trinajstić information content (AvgIpc) is 3.52. The van der Waals surface area contributed by atoms with Gasteiger partial charge in [0, 0.05) is 23.6 Å². The number of hydrogen-bond donors (Lipinski definition) is 0. The van der Waals surface area contributed by atoms with Crippen LogP contribution in [-0.4, -0.2) is 17.9 Å². The second-order valence-corrected chi connectivity index (χ2v) is 6.77. The van der Waals surface area contributed by atoms with Crippen molar-refractivity contribution in [2.45, 2.75) is 17.9 Å². The third kappa shape index (κ3) is 3.43. The van der Waals surface area contributed by atoms with Gasteiger partial charge in [0.2, 0.25) is 0 Å². The molecule has 1 saturated heterocycles. The summed E-state index contributed by atoms with van der Waals surface area (Å²) in [6.45, 7) is -0.429. The Kier molecular flexibility index (Phi) is 5.03. The van der Waals surface area contributed by atoms with Gasteiger partial charge >= 0.3 is 5.92 Å². The summed E-state index contributed by atoms with van der Waals surface area (Å²) in [7, 11) is 0. The maximum absolute atomic E-state index is 15.2. The van der Waals surface area contributed by atoms with Crippen molar-refractivity contribution < 1.29 is 31.8 Å². The molecule has 4 rings (SSSR count). The number of aldehydes is 1. The molecule has 1 atom stereocenters. The molecule has 3 aromatic rings. The number of ether oxygens (including phenoxy) is 2. The first-order valence-electron chi connectivity index (χ1n) is 9.00. The Hall–Kier alpha value is -3.26. The standard InChI is InChI=1S/C22H15F4NO3/c23-15-5-7-17(18(24)11-15)21(13-29-21)22(25,26)20-8-6-16(12-27-20)30-19-4-2-1-3-14(19)9-10-28/h1-8,10-12H,9,13H2. The van der Waals surface area contributed by atoms with E-state index in [0.717, 1.165) is 30.7 Å². The predicted molar refractivity (Wildman–Crippen MR) is 98.4 cm³/mol. The minimum atomic E-state index is -3.67. The van der Waals surface area contributed by atoms with Gasteiger partial charge < -0.3 is 14.3 Å². The zero-order chi connectivity index (χ0) is 21.4. The highest BCUT2D eigenvalue weighted by Crippen LogP contribution is 2.56. The quantitative estimate of drug-likeness (QED) is 0.311. The lowest BCUT2D eigenvalue weighted by Gasteiger charge is -2.24. The number of benzene rings is 2. The summed E-state index contributed by atoms with van der Waals surface area (Å²) in [4.78, 5) is 14.6. The van der Waals surface area contributed by atoms with Crippen LogP contribution in [0.25, 0.3) is 0 Å². The number of para-hydroxylation sites is 1. The molecule has 0 aliphatic carbocycles. The second kappa shape index (κ2) is 7.53. The Morgan fingerprint density at radius 1 is 1.13 bits per heavy atom. The van der Waals surface area contributed by atoms with Crippen LogP contribution in [0, 0.1) is 11.6 Å². The topological polar surface area (TPSA) is 51.7 Å². The zero-order valence-electron chi connectivity index (χ0n) is 15.4. The largest absolute Gasteiger partial charge is 0.455 e. The van der Waals surface area contributed by atoms with Crippen LogP contribution < -0.4 is 4.74 Å². The molecule has 154 valence electrons. The van der Waals surface area contributed by atoms with Gasteiger partial charge in [0.1, 0.15) is 35.1 Å². The lowest BCUT2D eigenvalue weighted by atomic mass is 9.90. The van der Waals surface area contributed by atoms with E-state index < -0.39 is 41.0 Å². The van der Waals surface area contributed by atoms with Gasteiger partial charge in [-0.2, -0.15) is 8.78 Å². The third-order valence-corrected chi connectivity index (χ3v) is 4.87. The van der Waals surface area contributed by atoms with Gasteiger partial charge in [-0.1, -0.05) is 18.2 Å². The minimum Gasteiger partial charge on any atom is -0.455 e. The summed E-state index contributed by atoms with van der Waals surface area (Å²) in [6, 6.07) is 11.6. The van der Waals surface area contributed by atoms with E-state index in [0.29, 0.717) is 17.4 Å². The Morgan fingerprint density at radius 2 is 1.90 bits per heavy atom. The summed E-state index contributed by atoms with van der Waals surface area (Å²) in [5.41, 5.74) is -2.67. The van der Waals surface area contributed by atoms with Gasteiger partial charge in [0.25, 0.3) is 0 Å². The van der Waals surface area contributed by atoms with Gasteiger partial charge in [-0.25, -0.2) is 8.78 Å². The fourth-order valence-electron chi connectivity index (χ4n) is 3.22. The maximum atomic E-state index is 15.2. The Balaban J connectivity index is 1.60. The van der Waals surface area contributed by atoms with Crippen molar-refractivity contribution in [2.75, 3.05) is 6.61 Å². The molecule has 30 heavy (non-hydrogen) atoms. The number of hydrogen-bond acceptors (Lipinski definition) is 4. The highest BCUT2D eigenvalue weighted by atomic mass is 19.3. The fraction of sp³-hybridized carbons (Fsp3) is 0.182. The van der Waals surface area contributed by atoms with Crippen molar-refractivity contribution in [2.24, 2.45) is 0 Å².